The number of nitrogens with one attached hydrogen (secondary N) is 1. The topological polar surface area (TPSA) is 12.0 Å². The van der Waals surface area contributed by atoms with Crippen LogP contribution in [0.4, 0.5) is 5.69 Å². The fourth-order valence-electron chi connectivity index (χ4n) is 1.88. The lowest BCUT2D eigenvalue weighted by molar-refractivity contribution is 0.922. The summed E-state index contributed by atoms with van der Waals surface area (Å²) in [5.41, 5.74) is 3.91. The molecule has 2 aromatic rings. The lowest BCUT2D eigenvalue weighted by Crippen LogP contribution is -1.98. The molecule has 0 saturated heterocycles. The Morgan fingerprint density at radius 2 is 1.53 bits per heavy atom. The maximum atomic E-state index is 3.43. The summed E-state index contributed by atoms with van der Waals surface area (Å²) >= 11 is 0. The summed E-state index contributed by atoms with van der Waals surface area (Å²) in [7, 11) is 0. The minimum atomic E-state index is 0.883. The summed E-state index contributed by atoms with van der Waals surface area (Å²) < 4.78 is 0. The Bertz CT molecular complexity index is 431. The van der Waals surface area contributed by atoms with Gasteiger partial charge in [0.05, 0.1) is 0 Å². The van der Waals surface area contributed by atoms with Crippen molar-refractivity contribution in [3.05, 3.63) is 65.7 Å². The minimum Gasteiger partial charge on any atom is -0.381 e. The molecule has 0 heterocycles. The van der Waals surface area contributed by atoms with Crippen LogP contribution in [0.25, 0.3) is 0 Å². The number of rotatable bonds is 5. The minimum absolute atomic E-state index is 0.883. The molecule has 0 fully saturated rings. The maximum Gasteiger partial charge on any atom is 0.0400 e. The van der Waals surface area contributed by atoms with E-state index in [0.29, 0.717) is 0 Å². The Morgan fingerprint density at radius 3 is 2.18 bits per heavy atom. The summed E-state index contributed by atoms with van der Waals surface area (Å²) in [6.07, 6.45) is 2.37. The average Bonchev–Trinajstić information content (AvgIpc) is 2.40. The molecule has 0 radical (unpaired) electrons. The van der Waals surface area contributed by atoms with Gasteiger partial charge in [-0.05, 0) is 29.7 Å². The first kappa shape index (κ1) is 11.7. The molecule has 0 aromatic heterocycles. The highest BCUT2D eigenvalue weighted by molar-refractivity contribution is 5.45. The van der Waals surface area contributed by atoms with Crippen LogP contribution in [0.3, 0.4) is 0 Å². The van der Waals surface area contributed by atoms with E-state index >= 15 is 0 Å². The van der Waals surface area contributed by atoms with E-state index in [1.54, 1.807) is 0 Å². The Labute approximate surface area is 103 Å². The number of benzene rings is 2. The van der Waals surface area contributed by atoms with Crippen molar-refractivity contribution >= 4 is 5.69 Å². The fraction of sp³-hybridized carbons (Fsp3) is 0.250. The normalized spacial score (nSPS) is 10.2. The van der Waals surface area contributed by atoms with Crippen molar-refractivity contribution in [3.63, 3.8) is 0 Å². The highest BCUT2D eigenvalue weighted by Gasteiger charge is 1.94. The van der Waals surface area contributed by atoms with Crippen LogP contribution in [-0.4, -0.2) is 0 Å². The van der Waals surface area contributed by atoms with Gasteiger partial charge in [-0.3, -0.25) is 0 Å². The standard InChI is InChI=1S/C16H19N/c1-2-6-14-9-11-16(12-10-14)17-13-15-7-4-3-5-8-15/h3-5,7-12,17H,2,6,13H2,1H3. The Balaban J connectivity index is 1.91. The largest absolute Gasteiger partial charge is 0.381 e. The monoisotopic (exact) mass is 225 g/mol. The van der Waals surface area contributed by atoms with Gasteiger partial charge >= 0.3 is 0 Å². The molecule has 0 saturated carbocycles. The van der Waals surface area contributed by atoms with E-state index in [2.05, 4.69) is 60.8 Å². The molecule has 17 heavy (non-hydrogen) atoms. The SMILES string of the molecule is CCCc1ccc(NCc2ccccc2)cc1. The molecule has 0 amide bonds. The first-order valence-corrected chi connectivity index (χ1v) is 6.25. The third kappa shape index (κ3) is 3.63. The zero-order valence-electron chi connectivity index (χ0n) is 10.3. The Hall–Kier alpha value is -1.76. The van der Waals surface area contributed by atoms with Crippen LogP contribution in [-0.2, 0) is 13.0 Å². The van der Waals surface area contributed by atoms with Gasteiger partial charge in [0.1, 0.15) is 0 Å². The fourth-order valence-corrected chi connectivity index (χ4v) is 1.88. The van der Waals surface area contributed by atoms with E-state index in [1.165, 1.54) is 29.7 Å². The van der Waals surface area contributed by atoms with Crippen LogP contribution in [0.15, 0.2) is 54.6 Å². The van der Waals surface area contributed by atoms with Crippen LogP contribution in [0, 0.1) is 0 Å². The first-order valence-electron chi connectivity index (χ1n) is 6.25. The van der Waals surface area contributed by atoms with Gasteiger partial charge in [-0.1, -0.05) is 55.8 Å². The van der Waals surface area contributed by atoms with Crippen molar-refractivity contribution in [3.8, 4) is 0 Å². The van der Waals surface area contributed by atoms with E-state index in [1.807, 2.05) is 6.07 Å². The van der Waals surface area contributed by atoms with Crippen LogP contribution in [0.5, 0.6) is 0 Å². The first-order chi connectivity index (χ1) is 8.38. The molecule has 0 aliphatic heterocycles. The van der Waals surface area contributed by atoms with Gasteiger partial charge in [0, 0.05) is 12.2 Å². The smallest absolute Gasteiger partial charge is 0.0400 e. The van der Waals surface area contributed by atoms with E-state index in [4.69, 9.17) is 0 Å². The molecule has 0 aliphatic rings. The molecule has 0 unspecified atom stereocenters. The molecule has 0 spiro atoms. The molecule has 0 bridgehead atoms. The summed E-state index contributed by atoms with van der Waals surface area (Å²) in [5.74, 6) is 0. The lowest BCUT2D eigenvalue weighted by Gasteiger charge is -2.07. The Morgan fingerprint density at radius 1 is 0.824 bits per heavy atom. The number of hydrogen-bond donors (Lipinski definition) is 1. The van der Waals surface area contributed by atoms with Gasteiger partial charge in [0.2, 0.25) is 0 Å². The maximum absolute atomic E-state index is 3.43. The number of aryl methyl sites for hydroxylation is 1. The highest BCUT2D eigenvalue weighted by atomic mass is 14.9. The lowest BCUT2D eigenvalue weighted by atomic mass is 10.1. The third-order valence-corrected chi connectivity index (χ3v) is 2.83. The van der Waals surface area contributed by atoms with Crippen molar-refractivity contribution in [2.24, 2.45) is 0 Å². The average molecular weight is 225 g/mol. The van der Waals surface area contributed by atoms with Crippen LogP contribution in [0.2, 0.25) is 0 Å². The quantitative estimate of drug-likeness (QED) is 0.802. The second-order valence-corrected chi connectivity index (χ2v) is 4.29. The zero-order valence-corrected chi connectivity index (χ0v) is 10.3. The Kier molecular flexibility index (Phi) is 4.20. The molecular formula is C16H19N. The van der Waals surface area contributed by atoms with Crippen molar-refractivity contribution in [1.82, 2.24) is 0 Å². The second kappa shape index (κ2) is 6.09. The molecule has 88 valence electrons. The van der Waals surface area contributed by atoms with Crippen molar-refractivity contribution in [1.29, 1.82) is 0 Å². The van der Waals surface area contributed by atoms with Gasteiger partial charge in [-0.25, -0.2) is 0 Å². The highest BCUT2D eigenvalue weighted by Crippen LogP contribution is 2.12. The molecular weight excluding hydrogens is 206 g/mol. The van der Waals surface area contributed by atoms with E-state index in [0.717, 1.165) is 6.54 Å². The van der Waals surface area contributed by atoms with Gasteiger partial charge in [0.25, 0.3) is 0 Å². The summed E-state index contributed by atoms with van der Waals surface area (Å²) in [4.78, 5) is 0. The van der Waals surface area contributed by atoms with Crippen molar-refractivity contribution in [2.75, 3.05) is 5.32 Å². The van der Waals surface area contributed by atoms with E-state index in [9.17, 15) is 0 Å². The number of anilines is 1. The van der Waals surface area contributed by atoms with Crippen LogP contribution < -0.4 is 5.32 Å². The summed E-state index contributed by atoms with van der Waals surface area (Å²) in [6, 6.07) is 19.2. The number of hydrogen-bond acceptors (Lipinski definition) is 1. The summed E-state index contributed by atoms with van der Waals surface area (Å²) in [6.45, 7) is 3.09. The molecule has 1 nitrogen and oxygen atoms in total. The van der Waals surface area contributed by atoms with Crippen molar-refractivity contribution in [2.45, 2.75) is 26.3 Å². The molecule has 1 heteroatoms. The van der Waals surface area contributed by atoms with E-state index < -0.39 is 0 Å². The van der Waals surface area contributed by atoms with E-state index in [-0.39, 0.29) is 0 Å². The van der Waals surface area contributed by atoms with Gasteiger partial charge in [0.15, 0.2) is 0 Å². The zero-order chi connectivity index (χ0) is 11.9. The van der Waals surface area contributed by atoms with Gasteiger partial charge < -0.3 is 5.32 Å². The van der Waals surface area contributed by atoms with Gasteiger partial charge in [-0.15, -0.1) is 0 Å². The molecule has 2 rings (SSSR count). The molecule has 0 aliphatic carbocycles. The predicted molar refractivity (Wildman–Crippen MR) is 74.2 cm³/mol. The molecule has 2 aromatic carbocycles. The van der Waals surface area contributed by atoms with Crippen LogP contribution >= 0.6 is 0 Å². The molecule has 1 N–H and O–H groups in total. The third-order valence-electron chi connectivity index (χ3n) is 2.83. The van der Waals surface area contributed by atoms with Crippen molar-refractivity contribution < 1.29 is 0 Å². The second-order valence-electron chi connectivity index (χ2n) is 4.29. The summed E-state index contributed by atoms with van der Waals surface area (Å²) in [5, 5.41) is 3.43. The van der Waals surface area contributed by atoms with Gasteiger partial charge in [-0.2, -0.15) is 0 Å². The molecule has 0 atom stereocenters. The van der Waals surface area contributed by atoms with Crippen LogP contribution in [0.1, 0.15) is 24.5 Å². The predicted octanol–water partition coefficient (Wildman–Crippen LogP) is 4.25.